The van der Waals surface area contributed by atoms with Gasteiger partial charge in [0.2, 0.25) is 0 Å². The van der Waals surface area contributed by atoms with Gasteiger partial charge in [-0.25, -0.2) is 4.79 Å². The highest BCUT2D eigenvalue weighted by Crippen LogP contribution is 2.28. The van der Waals surface area contributed by atoms with Gasteiger partial charge in [-0.05, 0) is 5.56 Å². The molecule has 1 aromatic heterocycles. The molecule has 4 atom stereocenters. The quantitative estimate of drug-likeness (QED) is 0.644. The number of aliphatic hydroxyl groups excluding tert-OH is 2. The van der Waals surface area contributed by atoms with E-state index in [4.69, 9.17) is 9.47 Å². The maximum atomic E-state index is 12.9. The molecule has 0 radical (unpaired) electrons. The average Bonchev–Trinajstić information content (AvgIpc) is 2.98. The number of ether oxygens (including phenoxy) is 2. The molecule has 1 aromatic carbocycles. The average molecular weight is 404 g/mol. The van der Waals surface area contributed by atoms with E-state index in [1.807, 2.05) is 6.07 Å². The lowest BCUT2D eigenvalue weighted by Crippen LogP contribution is -2.43. The van der Waals surface area contributed by atoms with Gasteiger partial charge in [-0.1, -0.05) is 44.2 Å². The second-order valence-corrected chi connectivity index (χ2v) is 7.25. The Morgan fingerprint density at radius 3 is 2.48 bits per heavy atom. The van der Waals surface area contributed by atoms with Gasteiger partial charge in [-0.15, -0.1) is 0 Å². The Hall–Kier alpha value is -2.75. The van der Waals surface area contributed by atoms with Crippen LogP contribution in [0.5, 0.6) is 0 Å². The van der Waals surface area contributed by atoms with Crippen molar-refractivity contribution in [1.82, 2.24) is 9.13 Å². The summed E-state index contributed by atoms with van der Waals surface area (Å²) in [7, 11) is 0. The number of aliphatic hydroxyl groups is 2. The van der Waals surface area contributed by atoms with Crippen molar-refractivity contribution in [1.29, 1.82) is 0 Å². The van der Waals surface area contributed by atoms with Crippen LogP contribution in [0.2, 0.25) is 0 Å². The molecule has 1 aliphatic heterocycles. The van der Waals surface area contributed by atoms with Crippen LogP contribution in [0.4, 0.5) is 0 Å². The summed E-state index contributed by atoms with van der Waals surface area (Å²) < 4.78 is 12.7. The highest BCUT2D eigenvalue weighted by molar-refractivity contribution is 5.71. The van der Waals surface area contributed by atoms with Crippen LogP contribution in [0, 0.1) is 5.92 Å². The first kappa shape index (κ1) is 21.0. The Kier molecular flexibility index (Phi) is 6.31. The van der Waals surface area contributed by atoms with Crippen molar-refractivity contribution >= 4 is 5.97 Å². The predicted molar refractivity (Wildman–Crippen MR) is 102 cm³/mol. The number of aromatic nitrogens is 2. The minimum Gasteiger partial charge on any atom is -0.463 e. The molecular weight excluding hydrogens is 380 g/mol. The summed E-state index contributed by atoms with van der Waals surface area (Å²) in [6.45, 7) is 3.13. The van der Waals surface area contributed by atoms with E-state index in [-0.39, 0.29) is 19.1 Å². The molecule has 0 aliphatic carbocycles. The standard InChI is InChI=1S/C20H24N2O7/c1-12(2)19(26)28-11-14-16(24)17(25)18(29-14)21-9-8-15(23)22(20(21)27)10-13-6-4-3-5-7-13/h3-9,12,14,16-18,24-25H,10-11H2,1-2H3/t14-,16-,17-,18-/m1/s1. The van der Waals surface area contributed by atoms with Gasteiger partial charge in [0, 0.05) is 12.3 Å². The van der Waals surface area contributed by atoms with Crippen LogP contribution in [0.3, 0.4) is 0 Å². The van der Waals surface area contributed by atoms with Crippen molar-refractivity contribution in [3.63, 3.8) is 0 Å². The van der Waals surface area contributed by atoms with E-state index in [0.29, 0.717) is 0 Å². The van der Waals surface area contributed by atoms with Gasteiger partial charge in [0.05, 0.1) is 12.5 Å². The summed E-state index contributed by atoms with van der Waals surface area (Å²) in [5.41, 5.74) is -0.418. The maximum Gasteiger partial charge on any atom is 0.333 e. The zero-order chi connectivity index (χ0) is 21.1. The number of nitrogens with zero attached hydrogens (tertiary/aromatic N) is 2. The van der Waals surface area contributed by atoms with Crippen molar-refractivity contribution in [3.05, 3.63) is 69.0 Å². The Balaban J connectivity index is 1.83. The van der Waals surface area contributed by atoms with Crippen molar-refractivity contribution in [2.24, 2.45) is 5.92 Å². The molecule has 9 nitrogen and oxygen atoms in total. The second kappa shape index (κ2) is 8.73. The third-order valence-corrected chi connectivity index (χ3v) is 4.75. The summed E-state index contributed by atoms with van der Waals surface area (Å²) in [6, 6.07) is 10.2. The highest BCUT2D eigenvalue weighted by Gasteiger charge is 2.44. The SMILES string of the molecule is CC(C)C(=O)OC[C@H]1O[C@@H](n2ccc(=O)n(Cc3ccccc3)c2=O)[C@H](O)[C@@H]1O. The molecule has 0 amide bonds. The first-order valence-corrected chi connectivity index (χ1v) is 9.33. The van der Waals surface area contributed by atoms with Crippen molar-refractivity contribution in [2.45, 2.75) is 44.9 Å². The Bertz CT molecular complexity index is 967. The minimum absolute atomic E-state index is 0.0557. The molecule has 0 saturated carbocycles. The molecular formula is C20H24N2O7. The molecule has 0 bridgehead atoms. The number of benzene rings is 1. The van der Waals surface area contributed by atoms with E-state index in [1.54, 1.807) is 38.1 Å². The molecule has 2 aromatic rings. The molecule has 0 spiro atoms. The zero-order valence-electron chi connectivity index (χ0n) is 16.2. The van der Waals surface area contributed by atoms with E-state index in [0.717, 1.165) is 14.7 Å². The molecule has 9 heteroatoms. The van der Waals surface area contributed by atoms with Gasteiger partial charge >= 0.3 is 11.7 Å². The highest BCUT2D eigenvalue weighted by atomic mass is 16.6. The van der Waals surface area contributed by atoms with Crippen LogP contribution >= 0.6 is 0 Å². The minimum atomic E-state index is -1.43. The fraction of sp³-hybridized carbons (Fsp3) is 0.450. The molecule has 2 N–H and O–H groups in total. The van der Waals surface area contributed by atoms with E-state index in [9.17, 15) is 24.6 Å². The number of hydrogen-bond donors (Lipinski definition) is 2. The largest absolute Gasteiger partial charge is 0.463 e. The predicted octanol–water partition coefficient (Wildman–Crippen LogP) is -0.123. The van der Waals surface area contributed by atoms with Gasteiger partial charge in [0.25, 0.3) is 5.56 Å². The van der Waals surface area contributed by atoms with E-state index in [1.165, 1.54) is 12.3 Å². The van der Waals surface area contributed by atoms with Crippen LogP contribution in [0.15, 0.2) is 52.2 Å². The summed E-state index contributed by atoms with van der Waals surface area (Å²) in [5.74, 6) is -0.814. The van der Waals surface area contributed by atoms with Gasteiger partial charge in [-0.2, -0.15) is 0 Å². The van der Waals surface area contributed by atoms with Gasteiger partial charge in [0.1, 0.15) is 24.9 Å². The molecule has 156 valence electrons. The lowest BCUT2D eigenvalue weighted by molar-refractivity contribution is -0.153. The normalized spacial score (nSPS) is 24.0. The lowest BCUT2D eigenvalue weighted by atomic mass is 10.1. The van der Waals surface area contributed by atoms with Gasteiger partial charge in [0.15, 0.2) is 6.23 Å². The fourth-order valence-corrected chi connectivity index (χ4v) is 3.06. The van der Waals surface area contributed by atoms with Gasteiger partial charge in [-0.3, -0.25) is 18.7 Å². The first-order valence-electron chi connectivity index (χ1n) is 9.33. The zero-order valence-corrected chi connectivity index (χ0v) is 16.2. The summed E-state index contributed by atoms with van der Waals surface area (Å²) in [6.07, 6.45) is -3.79. The Morgan fingerprint density at radius 2 is 1.83 bits per heavy atom. The number of esters is 1. The van der Waals surface area contributed by atoms with Gasteiger partial charge < -0.3 is 19.7 Å². The summed E-state index contributed by atoms with van der Waals surface area (Å²) >= 11 is 0. The topological polar surface area (TPSA) is 120 Å². The lowest BCUT2D eigenvalue weighted by Gasteiger charge is -2.19. The summed E-state index contributed by atoms with van der Waals surface area (Å²) in [5, 5.41) is 20.6. The smallest absolute Gasteiger partial charge is 0.333 e. The molecule has 29 heavy (non-hydrogen) atoms. The monoisotopic (exact) mass is 404 g/mol. The van der Waals surface area contributed by atoms with Crippen molar-refractivity contribution in [2.75, 3.05) is 6.61 Å². The van der Waals surface area contributed by atoms with Crippen LogP contribution in [-0.4, -0.2) is 50.2 Å². The number of carbonyl (C=O) groups excluding carboxylic acids is 1. The molecule has 0 unspecified atom stereocenters. The Morgan fingerprint density at radius 1 is 1.14 bits per heavy atom. The van der Waals surface area contributed by atoms with Crippen molar-refractivity contribution in [3.8, 4) is 0 Å². The summed E-state index contributed by atoms with van der Waals surface area (Å²) in [4.78, 5) is 36.7. The molecule has 2 heterocycles. The third-order valence-electron chi connectivity index (χ3n) is 4.75. The Labute approximate surface area is 166 Å². The van der Waals surface area contributed by atoms with Crippen LogP contribution in [-0.2, 0) is 20.8 Å². The van der Waals surface area contributed by atoms with Crippen molar-refractivity contribution < 1.29 is 24.5 Å². The fourth-order valence-electron chi connectivity index (χ4n) is 3.06. The van der Waals surface area contributed by atoms with Crippen LogP contribution < -0.4 is 11.2 Å². The number of rotatable bonds is 6. The van der Waals surface area contributed by atoms with Crippen LogP contribution in [0.25, 0.3) is 0 Å². The first-order chi connectivity index (χ1) is 13.8. The number of hydrogen-bond acceptors (Lipinski definition) is 7. The second-order valence-electron chi connectivity index (χ2n) is 7.25. The molecule has 3 rings (SSSR count). The van der Waals surface area contributed by atoms with E-state index in [2.05, 4.69) is 0 Å². The number of carbonyl (C=O) groups is 1. The van der Waals surface area contributed by atoms with Crippen LogP contribution in [0.1, 0.15) is 25.6 Å². The third kappa shape index (κ3) is 4.47. The van der Waals surface area contributed by atoms with E-state index < -0.39 is 41.8 Å². The maximum absolute atomic E-state index is 12.9. The molecule has 1 aliphatic rings. The molecule has 1 saturated heterocycles. The molecule has 1 fully saturated rings. The van der Waals surface area contributed by atoms with E-state index >= 15 is 0 Å².